The predicted molar refractivity (Wildman–Crippen MR) is 58.3 cm³/mol. The quantitative estimate of drug-likeness (QED) is 0.569. The molecule has 0 aliphatic rings. The Balaban J connectivity index is 2.65. The van der Waals surface area contributed by atoms with Gasteiger partial charge in [-0.3, -0.25) is 0 Å². The lowest BCUT2D eigenvalue weighted by atomic mass is 10.2. The molecule has 1 nitrogen and oxygen atoms in total. The van der Waals surface area contributed by atoms with Gasteiger partial charge in [0.1, 0.15) is 5.75 Å². The monoisotopic (exact) mass is 238 g/mol. The van der Waals surface area contributed by atoms with Gasteiger partial charge in [0.15, 0.2) is 0 Å². The summed E-state index contributed by atoms with van der Waals surface area (Å²) in [5.74, 6) is 6.98. The molecule has 1 aromatic rings. The van der Waals surface area contributed by atoms with Crippen molar-refractivity contribution in [2.75, 3.05) is 12.4 Å². The van der Waals surface area contributed by atoms with Gasteiger partial charge in [-0.05, 0) is 24.3 Å². The molecule has 0 radical (unpaired) electrons. The van der Waals surface area contributed by atoms with Crippen LogP contribution in [0.3, 0.4) is 0 Å². The summed E-state index contributed by atoms with van der Waals surface area (Å²) in [6.07, 6.45) is 0.881. The Hall–Kier alpha value is -0.940. The molecule has 0 saturated heterocycles. The first kappa shape index (κ1) is 10.1. The summed E-state index contributed by atoms with van der Waals surface area (Å²) in [5.41, 5.74) is 1.03. The van der Waals surface area contributed by atoms with E-state index in [4.69, 9.17) is 4.74 Å². The van der Waals surface area contributed by atoms with Gasteiger partial charge in [0.25, 0.3) is 0 Å². The largest absolute Gasteiger partial charge is 0.497 e. The number of hydrogen-bond acceptors (Lipinski definition) is 1. The standard InChI is InChI=1S/C11H11BrO/c1-13-11-7-5-10(6-8-11)4-2-3-9-12/h5-8H,3,9H2,1H3. The van der Waals surface area contributed by atoms with E-state index in [-0.39, 0.29) is 0 Å². The van der Waals surface area contributed by atoms with Crippen molar-refractivity contribution in [3.63, 3.8) is 0 Å². The van der Waals surface area contributed by atoms with Crippen molar-refractivity contribution < 1.29 is 4.74 Å². The van der Waals surface area contributed by atoms with Gasteiger partial charge in [-0.1, -0.05) is 27.8 Å². The number of hydrogen-bond donors (Lipinski definition) is 0. The lowest BCUT2D eigenvalue weighted by molar-refractivity contribution is 0.415. The first-order valence-corrected chi connectivity index (χ1v) is 5.18. The van der Waals surface area contributed by atoms with Crippen LogP contribution in [-0.2, 0) is 0 Å². The molecule has 0 aliphatic carbocycles. The average Bonchev–Trinajstić information content (AvgIpc) is 2.19. The second-order valence-electron chi connectivity index (χ2n) is 2.47. The Morgan fingerprint density at radius 1 is 1.31 bits per heavy atom. The topological polar surface area (TPSA) is 9.23 Å². The molecule has 13 heavy (non-hydrogen) atoms. The molecule has 0 spiro atoms. The van der Waals surface area contributed by atoms with E-state index in [0.29, 0.717) is 0 Å². The number of ether oxygens (including phenoxy) is 1. The fraction of sp³-hybridized carbons (Fsp3) is 0.273. The highest BCUT2D eigenvalue weighted by molar-refractivity contribution is 9.09. The van der Waals surface area contributed by atoms with E-state index in [0.717, 1.165) is 23.1 Å². The molecule has 1 rings (SSSR count). The Labute approximate surface area is 87.2 Å². The molecule has 1 aromatic carbocycles. The minimum absolute atomic E-state index is 0.867. The van der Waals surface area contributed by atoms with E-state index in [1.165, 1.54) is 0 Å². The molecule has 0 aromatic heterocycles. The van der Waals surface area contributed by atoms with Crippen LogP contribution < -0.4 is 4.74 Å². The van der Waals surface area contributed by atoms with E-state index < -0.39 is 0 Å². The number of methoxy groups -OCH3 is 1. The second-order valence-corrected chi connectivity index (χ2v) is 3.26. The van der Waals surface area contributed by atoms with Gasteiger partial charge in [-0.15, -0.1) is 0 Å². The smallest absolute Gasteiger partial charge is 0.118 e. The van der Waals surface area contributed by atoms with Gasteiger partial charge >= 0.3 is 0 Å². The predicted octanol–water partition coefficient (Wildman–Crippen LogP) is 2.83. The van der Waals surface area contributed by atoms with Crippen LogP contribution in [0.5, 0.6) is 5.75 Å². The maximum absolute atomic E-state index is 5.04. The zero-order valence-electron chi connectivity index (χ0n) is 7.51. The summed E-state index contributed by atoms with van der Waals surface area (Å²) in [6.45, 7) is 0. The van der Waals surface area contributed by atoms with E-state index >= 15 is 0 Å². The maximum Gasteiger partial charge on any atom is 0.118 e. The summed E-state index contributed by atoms with van der Waals surface area (Å²) in [6, 6.07) is 7.75. The normalized spacial score (nSPS) is 8.77. The zero-order chi connectivity index (χ0) is 9.52. The van der Waals surface area contributed by atoms with Gasteiger partial charge in [-0.25, -0.2) is 0 Å². The number of halogens is 1. The molecular formula is C11H11BrO. The highest BCUT2D eigenvalue weighted by atomic mass is 79.9. The highest BCUT2D eigenvalue weighted by Crippen LogP contribution is 2.10. The Kier molecular flexibility index (Phi) is 4.42. The van der Waals surface area contributed by atoms with Gasteiger partial charge in [-0.2, -0.15) is 0 Å². The Morgan fingerprint density at radius 2 is 2.00 bits per heavy atom. The minimum Gasteiger partial charge on any atom is -0.497 e. The van der Waals surface area contributed by atoms with Crippen molar-refractivity contribution in [1.82, 2.24) is 0 Å². The molecule has 2 heteroatoms. The lowest BCUT2D eigenvalue weighted by Crippen LogP contribution is -1.81. The zero-order valence-corrected chi connectivity index (χ0v) is 9.10. The summed E-state index contributed by atoms with van der Waals surface area (Å²) in [7, 11) is 1.66. The SMILES string of the molecule is COc1ccc(C#CCCBr)cc1. The van der Waals surface area contributed by atoms with Crippen LogP contribution >= 0.6 is 15.9 Å². The van der Waals surface area contributed by atoms with Crippen molar-refractivity contribution in [2.45, 2.75) is 6.42 Å². The maximum atomic E-state index is 5.04. The molecule has 0 atom stereocenters. The van der Waals surface area contributed by atoms with E-state index in [1.807, 2.05) is 24.3 Å². The second kappa shape index (κ2) is 5.66. The van der Waals surface area contributed by atoms with Crippen molar-refractivity contribution in [3.8, 4) is 17.6 Å². The summed E-state index contributed by atoms with van der Waals surface area (Å²) < 4.78 is 5.04. The molecule has 0 aliphatic heterocycles. The Bertz CT molecular complexity index is 305. The minimum atomic E-state index is 0.867. The molecule has 0 fully saturated rings. The first-order valence-electron chi connectivity index (χ1n) is 4.05. The van der Waals surface area contributed by atoms with Crippen LogP contribution in [0.2, 0.25) is 0 Å². The van der Waals surface area contributed by atoms with Crippen molar-refractivity contribution in [1.29, 1.82) is 0 Å². The molecule has 0 amide bonds. The lowest BCUT2D eigenvalue weighted by Gasteiger charge is -1.97. The third-order valence-corrected chi connectivity index (χ3v) is 1.94. The molecule has 0 bridgehead atoms. The Morgan fingerprint density at radius 3 is 2.54 bits per heavy atom. The molecule has 68 valence electrons. The van der Waals surface area contributed by atoms with Crippen LogP contribution in [0.25, 0.3) is 0 Å². The molecule has 0 N–H and O–H groups in total. The van der Waals surface area contributed by atoms with E-state index in [2.05, 4.69) is 27.8 Å². The third-order valence-electron chi connectivity index (χ3n) is 1.54. The molecule has 0 heterocycles. The molecule has 0 unspecified atom stereocenters. The number of rotatable bonds is 2. The van der Waals surface area contributed by atoms with Crippen molar-refractivity contribution >= 4 is 15.9 Å². The van der Waals surface area contributed by atoms with Crippen LogP contribution in [0.1, 0.15) is 12.0 Å². The number of benzene rings is 1. The van der Waals surface area contributed by atoms with Gasteiger partial charge in [0.2, 0.25) is 0 Å². The fourth-order valence-electron chi connectivity index (χ4n) is 0.886. The van der Waals surface area contributed by atoms with E-state index in [1.54, 1.807) is 7.11 Å². The van der Waals surface area contributed by atoms with Crippen LogP contribution in [-0.4, -0.2) is 12.4 Å². The van der Waals surface area contributed by atoms with Crippen LogP contribution in [0, 0.1) is 11.8 Å². The van der Waals surface area contributed by atoms with Crippen LogP contribution in [0.15, 0.2) is 24.3 Å². The molecular weight excluding hydrogens is 228 g/mol. The summed E-state index contributed by atoms with van der Waals surface area (Å²) in [4.78, 5) is 0. The van der Waals surface area contributed by atoms with Crippen LogP contribution in [0.4, 0.5) is 0 Å². The van der Waals surface area contributed by atoms with Crippen molar-refractivity contribution in [2.24, 2.45) is 0 Å². The highest BCUT2D eigenvalue weighted by Gasteiger charge is 1.88. The summed E-state index contributed by atoms with van der Waals surface area (Å²) >= 11 is 3.32. The fourth-order valence-corrected chi connectivity index (χ4v) is 1.08. The van der Waals surface area contributed by atoms with Gasteiger partial charge in [0.05, 0.1) is 7.11 Å². The number of alkyl halides is 1. The van der Waals surface area contributed by atoms with Gasteiger partial charge in [0, 0.05) is 17.3 Å². The van der Waals surface area contributed by atoms with Gasteiger partial charge < -0.3 is 4.74 Å². The first-order chi connectivity index (χ1) is 6.36. The van der Waals surface area contributed by atoms with Crippen molar-refractivity contribution in [3.05, 3.63) is 29.8 Å². The third kappa shape index (κ3) is 3.52. The average molecular weight is 239 g/mol. The molecule has 0 saturated carbocycles. The summed E-state index contributed by atoms with van der Waals surface area (Å²) in [5, 5.41) is 0.927. The van der Waals surface area contributed by atoms with E-state index in [9.17, 15) is 0 Å².